The molecular formula is C24H28N2O6S. The maximum atomic E-state index is 12.1. The standard InChI is InChI=1S/C24H28N2O6S/c1-33-13-11-26(14-23(28)29)22(27)16-31-12-10-25-24(30)32-15-21-19-8-4-2-6-17(19)18-7-3-5-9-20(18)21/h2-9,21H,10-16H2,1H3,(H,25,30)(H,28,29). The molecule has 33 heavy (non-hydrogen) atoms. The number of aliphatic carboxylic acids is 1. The molecule has 0 saturated heterocycles. The van der Waals surface area contributed by atoms with E-state index in [0.29, 0.717) is 12.3 Å². The molecule has 3 rings (SSSR count). The van der Waals surface area contributed by atoms with Gasteiger partial charge >= 0.3 is 12.1 Å². The molecule has 2 N–H and O–H groups in total. The van der Waals surface area contributed by atoms with Gasteiger partial charge in [0.25, 0.3) is 0 Å². The molecule has 9 heteroatoms. The SMILES string of the molecule is CSCCN(CC(=O)O)C(=O)COCCNC(=O)OCC1c2ccccc2-c2ccccc21. The second-order valence-electron chi connectivity index (χ2n) is 7.51. The van der Waals surface area contributed by atoms with E-state index in [1.165, 1.54) is 16.7 Å². The number of fused-ring (bicyclic) bond motifs is 3. The molecule has 0 aromatic heterocycles. The maximum absolute atomic E-state index is 12.1. The summed E-state index contributed by atoms with van der Waals surface area (Å²) in [7, 11) is 0. The van der Waals surface area contributed by atoms with Crippen LogP contribution in [0.1, 0.15) is 17.0 Å². The van der Waals surface area contributed by atoms with Gasteiger partial charge in [-0.15, -0.1) is 0 Å². The Kier molecular flexibility index (Phi) is 9.14. The van der Waals surface area contributed by atoms with Crippen molar-refractivity contribution in [3.05, 3.63) is 59.7 Å². The fourth-order valence-corrected chi connectivity index (χ4v) is 4.19. The molecule has 176 valence electrons. The van der Waals surface area contributed by atoms with E-state index in [4.69, 9.17) is 14.6 Å². The van der Waals surface area contributed by atoms with Crippen molar-refractivity contribution in [2.45, 2.75) is 5.92 Å². The third-order valence-electron chi connectivity index (χ3n) is 5.33. The summed E-state index contributed by atoms with van der Waals surface area (Å²) in [5.41, 5.74) is 4.60. The lowest BCUT2D eigenvalue weighted by atomic mass is 9.98. The fourth-order valence-electron chi connectivity index (χ4n) is 3.78. The van der Waals surface area contributed by atoms with Gasteiger partial charge in [0.2, 0.25) is 5.91 Å². The highest BCUT2D eigenvalue weighted by Gasteiger charge is 2.28. The zero-order chi connectivity index (χ0) is 23.6. The van der Waals surface area contributed by atoms with E-state index in [9.17, 15) is 14.4 Å². The Morgan fingerprint density at radius 1 is 1.06 bits per heavy atom. The van der Waals surface area contributed by atoms with Gasteiger partial charge in [-0.1, -0.05) is 48.5 Å². The minimum absolute atomic E-state index is 0.0153. The van der Waals surface area contributed by atoms with Crippen LogP contribution in [0, 0.1) is 0 Å². The molecule has 1 aliphatic carbocycles. The van der Waals surface area contributed by atoms with E-state index in [-0.39, 0.29) is 38.8 Å². The van der Waals surface area contributed by atoms with Gasteiger partial charge in [0.05, 0.1) is 6.61 Å². The zero-order valence-electron chi connectivity index (χ0n) is 18.5. The molecule has 0 aliphatic heterocycles. The van der Waals surface area contributed by atoms with Crippen LogP contribution in [0.2, 0.25) is 0 Å². The lowest BCUT2D eigenvalue weighted by Crippen LogP contribution is -2.40. The largest absolute Gasteiger partial charge is 0.480 e. The molecule has 0 atom stereocenters. The first-order valence-corrected chi connectivity index (χ1v) is 12.1. The van der Waals surface area contributed by atoms with Crippen molar-refractivity contribution in [2.75, 3.05) is 51.5 Å². The first-order chi connectivity index (χ1) is 16.0. The minimum atomic E-state index is -1.07. The summed E-state index contributed by atoms with van der Waals surface area (Å²) in [4.78, 5) is 36.5. The van der Waals surface area contributed by atoms with Crippen LogP contribution in [0.5, 0.6) is 0 Å². The van der Waals surface area contributed by atoms with E-state index < -0.39 is 18.0 Å². The molecule has 0 heterocycles. The van der Waals surface area contributed by atoms with Gasteiger partial charge in [-0.2, -0.15) is 11.8 Å². The highest BCUT2D eigenvalue weighted by molar-refractivity contribution is 7.98. The lowest BCUT2D eigenvalue weighted by molar-refractivity contribution is -0.146. The van der Waals surface area contributed by atoms with Gasteiger partial charge in [0, 0.05) is 24.8 Å². The number of carbonyl (C=O) groups excluding carboxylic acids is 2. The summed E-state index contributed by atoms with van der Waals surface area (Å²) in [6.45, 7) is 0.244. The van der Waals surface area contributed by atoms with Crippen molar-refractivity contribution in [1.82, 2.24) is 10.2 Å². The Labute approximate surface area is 197 Å². The van der Waals surface area contributed by atoms with Gasteiger partial charge in [0.1, 0.15) is 19.8 Å². The number of carboxylic acid groups (broad SMARTS) is 1. The Morgan fingerprint density at radius 2 is 1.70 bits per heavy atom. The summed E-state index contributed by atoms with van der Waals surface area (Å²) < 4.78 is 10.7. The molecule has 1 aliphatic rings. The average molecular weight is 473 g/mol. The quantitative estimate of drug-likeness (QED) is 0.458. The van der Waals surface area contributed by atoms with Crippen LogP contribution in [0.25, 0.3) is 11.1 Å². The van der Waals surface area contributed by atoms with E-state index in [1.54, 1.807) is 0 Å². The van der Waals surface area contributed by atoms with Crippen LogP contribution in [-0.2, 0) is 19.1 Å². The number of nitrogens with zero attached hydrogens (tertiary/aromatic N) is 1. The minimum Gasteiger partial charge on any atom is -0.480 e. The fraction of sp³-hybridized carbons (Fsp3) is 0.375. The normalized spacial score (nSPS) is 12.0. The van der Waals surface area contributed by atoms with Crippen molar-refractivity contribution in [1.29, 1.82) is 0 Å². The molecule has 8 nitrogen and oxygen atoms in total. The number of benzene rings is 2. The van der Waals surface area contributed by atoms with Crippen LogP contribution in [-0.4, -0.2) is 79.4 Å². The van der Waals surface area contributed by atoms with Gasteiger partial charge in [-0.05, 0) is 28.5 Å². The molecule has 2 amide bonds. The van der Waals surface area contributed by atoms with Crippen molar-refractivity contribution in [3.8, 4) is 11.1 Å². The molecule has 0 saturated carbocycles. The molecule has 0 unspecified atom stereocenters. The van der Waals surface area contributed by atoms with Crippen LogP contribution in [0.15, 0.2) is 48.5 Å². The monoisotopic (exact) mass is 472 g/mol. The second kappa shape index (κ2) is 12.3. The lowest BCUT2D eigenvalue weighted by Gasteiger charge is -2.20. The van der Waals surface area contributed by atoms with Crippen molar-refractivity contribution >= 4 is 29.7 Å². The third-order valence-corrected chi connectivity index (χ3v) is 5.92. The van der Waals surface area contributed by atoms with Gasteiger partial charge in [-0.3, -0.25) is 9.59 Å². The average Bonchev–Trinajstić information content (AvgIpc) is 3.13. The van der Waals surface area contributed by atoms with Crippen LogP contribution < -0.4 is 5.32 Å². The summed E-state index contributed by atoms with van der Waals surface area (Å²) >= 11 is 1.53. The molecule has 0 fully saturated rings. The first-order valence-electron chi connectivity index (χ1n) is 10.7. The molecule has 0 bridgehead atoms. The molecule has 0 spiro atoms. The third kappa shape index (κ3) is 6.72. The predicted octanol–water partition coefficient (Wildman–Crippen LogP) is 2.82. The summed E-state index contributed by atoms with van der Waals surface area (Å²) in [5.74, 6) is -0.838. The van der Waals surface area contributed by atoms with Crippen molar-refractivity contribution in [3.63, 3.8) is 0 Å². The number of alkyl carbamates (subject to hydrolysis) is 1. The van der Waals surface area contributed by atoms with E-state index in [2.05, 4.69) is 29.6 Å². The zero-order valence-corrected chi connectivity index (χ0v) is 19.3. The smallest absolute Gasteiger partial charge is 0.407 e. The summed E-state index contributed by atoms with van der Waals surface area (Å²) in [5, 5.41) is 11.6. The number of hydrogen-bond acceptors (Lipinski definition) is 6. The number of carboxylic acids is 1. The second-order valence-corrected chi connectivity index (χ2v) is 8.49. The summed E-state index contributed by atoms with van der Waals surface area (Å²) in [6, 6.07) is 16.2. The Bertz CT molecular complexity index is 937. The highest BCUT2D eigenvalue weighted by Crippen LogP contribution is 2.44. The summed E-state index contributed by atoms with van der Waals surface area (Å²) in [6.07, 6.45) is 1.33. The number of amides is 2. The van der Waals surface area contributed by atoms with Crippen LogP contribution in [0.4, 0.5) is 4.79 Å². The number of nitrogens with one attached hydrogen (secondary N) is 1. The Hall–Kier alpha value is -3.04. The van der Waals surface area contributed by atoms with E-state index >= 15 is 0 Å². The number of ether oxygens (including phenoxy) is 2. The van der Waals surface area contributed by atoms with E-state index in [1.807, 2.05) is 30.5 Å². The van der Waals surface area contributed by atoms with Gasteiger partial charge in [0.15, 0.2) is 0 Å². The molecule has 2 aromatic carbocycles. The molecule has 2 aromatic rings. The van der Waals surface area contributed by atoms with Crippen LogP contribution >= 0.6 is 11.8 Å². The van der Waals surface area contributed by atoms with Gasteiger partial charge in [-0.25, -0.2) is 4.79 Å². The number of carbonyl (C=O) groups is 3. The number of thioether (sulfide) groups is 1. The Morgan fingerprint density at radius 3 is 2.30 bits per heavy atom. The van der Waals surface area contributed by atoms with Crippen molar-refractivity contribution in [2.24, 2.45) is 0 Å². The maximum Gasteiger partial charge on any atom is 0.407 e. The molecule has 0 radical (unpaired) electrons. The topological polar surface area (TPSA) is 105 Å². The number of hydrogen-bond donors (Lipinski definition) is 2. The molecular weight excluding hydrogens is 444 g/mol. The first kappa shape index (κ1) is 24.6. The van der Waals surface area contributed by atoms with Crippen molar-refractivity contribution < 1.29 is 29.0 Å². The number of rotatable bonds is 12. The Balaban J connectivity index is 1.39. The van der Waals surface area contributed by atoms with Crippen LogP contribution in [0.3, 0.4) is 0 Å². The van der Waals surface area contributed by atoms with Gasteiger partial charge < -0.3 is 24.8 Å². The van der Waals surface area contributed by atoms with E-state index in [0.717, 1.165) is 22.3 Å². The predicted molar refractivity (Wildman–Crippen MR) is 126 cm³/mol. The highest BCUT2D eigenvalue weighted by atomic mass is 32.2.